The number of nitrogen functional groups attached to an aromatic ring is 1. The normalized spacial score (nSPS) is 13.6. The molecule has 1 heterocycles. The number of hydrogen-bond donors (Lipinski definition) is 3. The number of carbonyl (C=O) groups excluding carboxylic acids is 1. The van der Waals surface area contributed by atoms with Crippen molar-refractivity contribution in [1.29, 1.82) is 0 Å². The minimum atomic E-state index is -0.956. The van der Waals surface area contributed by atoms with Crippen LogP contribution in [-0.2, 0) is 16.0 Å². The standard InChI is InChI=1S/C10H10N2O4/c11-6-1-5(3-9(14)15)2-7-10(6)16-4-8(13)12-7/h1-2H,3-4,11H2,(H,12,13)(H,14,15). The first-order valence-electron chi connectivity index (χ1n) is 4.63. The lowest BCUT2D eigenvalue weighted by Gasteiger charge is -2.20. The predicted molar refractivity (Wildman–Crippen MR) is 56.3 cm³/mol. The van der Waals surface area contributed by atoms with Crippen molar-refractivity contribution >= 4 is 23.3 Å². The van der Waals surface area contributed by atoms with E-state index in [-0.39, 0.29) is 18.9 Å². The highest BCUT2D eigenvalue weighted by molar-refractivity contribution is 5.97. The molecule has 16 heavy (non-hydrogen) atoms. The van der Waals surface area contributed by atoms with Crippen LogP contribution in [0.5, 0.6) is 5.75 Å². The van der Waals surface area contributed by atoms with Gasteiger partial charge in [0.2, 0.25) is 0 Å². The van der Waals surface area contributed by atoms with Gasteiger partial charge in [0.05, 0.1) is 17.8 Å². The lowest BCUT2D eigenvalue weighted by atomic mass is 10.1. The minimum Gasteiger partial charge on any atom is -0.481 e. The number of hydrogen-bond acceptors (Lipinski definition) is 4. The average Bonchev–Trinajstić information content (AvgIpc) is 2.15. The van der Waals surface area contributed by atoms with Gasteiger partial charge in [-0.05, 0) is 17.7 Å². The lowest BCUT2D eigenvalue weighted by molar-refractivity contribution is -0.136. The summed E-state index contributed by atoms with van der Waals surface area (Å²) < 4.78 is 5.14. The second-order valence-corrected chi connectivity index (χ2v) is 3.47. The Morgan fingerprint density at radius 1 is 1.56 bits per heavy atom. The van der Waals surface area contributed by atoms with Gasteiger partial charge in [-0.2, -0.15) is 0 Å². The van der Waals surface area contributed by atoms with Gasteiger partial charge >= 0.3 is 5.97 Å². The van der Waals surface area contributed by atoms with E-state index in [0.717, 1.165) is 0 Å². The Labute approximate surface area is 91.0 Å². The fourth-order valence-electron chi connectivity index (χ4n) is 1.57. The number of rotatable bonds is 2. The summed E-state index contributed by atoms with van der Waals surface area (Å²) in [5.41, 5.74) is 6.97. The molecular formula is C10H10N2O4. The smallest absolute Gasteiger partial charge is 0.307 e. The summed E-state index contributed by atoms with van der Waals surface area (Å²) in [7, 11) is 0. The lowest BCUT2D eigenvalue weighted by Crippen LogP contribution is -2.26. The van der Waals surface area contributed by atoms with Crippen molar-refractivity contribution in [2.45, 2.75) is 6.42 Å². The molecule has 1 aliphatic rings. The third-order valence-corrected chi connectivity index (χ3v) is 2.15. The molecule has 6 heteroatoms. The van der Waals surface area contributed by atoms with Crippen molar-refractivity contribution in [3.8, 4) is 5.75 Å². The fraction of sp³-hybridized carbons (Fsp3) is 0.200. The van der Waals surface area contributed by atoms with Gasteiger partial charge in [-0.15, -0.1) is 0 Å². The van der Waals surface area contributed by atoms with Gasteiger partial charge in [-0.1, -0.05) is 0 Å². The maximum atomic E-state index is 11.1. The minimum absolute atomic E-state index is 0.0739. The molecule has 2 rings (SSSR count). The zero-order valence-corrected chi connectivity index (χ0v) is 8.32. The molecule has 1 aromatic rings. The van der Waals surface area contributed by atoms with Crippen molar-refractivity contribution in [2.24, 2.45) is 0 Å². The first-order chi connectivity index (χ1) is 7.56. The average molecular weight is 222 g/mol. The number of ether oxygens (including phenoxy) is 1. The van der Waals surface area contributed by atoms with Crippen LogP contribution in [0.2, 0.25) is 0 Å². The van der Waals surface area contributed by atoms with Crippen LogP contribution in [0.3, 0.4) is 0 Å². The van der Waals surface area contributed by atoms with E-state index in [4.69, 9.17) is 15.6 Å². The van der Waals surface area contributed by atoms with Crippen LogP contribution < -0.4 is 15.8 Å². The van der Waals surface area contributed by atoms with E-state index >= 15 is 0 Å². The second kappa shape index (κ2) is 3.73. The van der Waals surface area contributed by atoms with Gasteiger partial charge in [0.25, 0.3) is 5.91 Å². The molecule has 0 unspecified atom stereocenters. The Kier molecular flexibility index (Phi) is 2.40. The summed E-state index contributed by atoms with van der Waals surface area (Å²) in [6.45, 7) is -0.0739. The molecule has 1 aromatic carbocycles. The molecule has 1 amide bonds. The van der Waals surface area contributed by atoms with Crippen LogP contribution in [0.15, 0.2) is 12.1 Å². The van der Waals surface area contributed by atoms with E-state index in [1.54, 1.807) is 6.07 Å². The van der Waals surface area contributed by atoms with Crippen molar-refractivity contribution in [3.63, 3.8) is 0 Å². The highest BCUT2D eigenvalue weighted by Crippen LogP contribution is 2.35. The van der Waals surface area contributed by atoms with Crippen LogP contribution in [0, 0.1) is 0 Å². The molecule has 0 spiro atoms. The van der Waals surface area contributed by atoms with Gasteiger partial charge in [-0.25, -0.2) is 0 Å². The quantitative estimate of drug-likeness (QED) is 0.621. The third-order valence-electron chi connectivity index (χ3n) is 2.15. The van der Waals surface area contributed by atoms with Crippen LogP contribution in [0.1, 0.15) is 5.56 Å². The molecule has 0 aromatic heterocycles. The predicted octanol–water partition coefficient (Wildman–Crippen LogP) is 0.227. The van der Waals surface area contributed by atoms with Gasteiger partial charge in [0.15, 0.2) is 12.4 Å². The number of aliphatic carboxylic acids is 1. The Hall–Kier alpha value is -2.24. The number of anilines is 2. The van der Waals surface area contributed by atoms with Crippen LogP contribution >= 0.6 is 0 Å². The second-order valence-electron chi connectivity index (χ2n) is 3.47. The van der Waals surface area contributed by atoms with Crippen molar-refractivity contribution < 1.29 is 19.4 Å². The molecule has 0 saturated heterocycles. The third kappa shape index (κ3) is 1.90. The summed E-state index contributed by atoms with van der Waals surface area (Å²) in [6, 6.07) is 3.08. The number of nitrogens with one attached hydrogen (secondary N) is 1. The highest BCUT2D eigenvalue weighted by atomic mass is 16.5. The van der Waals surface area contributed by atoms with Crippen LogP contribution in [-0.4, -0.2) is 23.6 Å². The zero-order chi connectivity index (χ0) is 11.7. The molecule has 0 atom stereocenters. The molecule has 0 radical (unpaired) electrons. The number of carboxylic acid groups (broad SMARTS) is 1. The SMILES string of the molecule is Nc1cc(CC(=O)O)cc2c1OCC(=O)N2. The van der Waals surface area contributed by atoms with E-state index < -0.39 is 5.97 Å². The number of benzene rings is 1. The maximum Gasteiger partial charge on any atom is 0.307 e. The van der Waals surface area contributed by atoms with E-state index in [9.17, 15) is 9.59 Å². The first kappa shape index (κ1) is 10.3. The Morgan fingerprint density at radius 3 is 3.00 bits per heavy atom. The summed E-state index contributed by atoms with van der Waals surface area (Å²) in [5, 5.41) is 11.2. The summed E-state index contributed by atoms with van der Waals surface area (Å²) in [6.07, 6.45) is -0.145. The molecule has 1 aliphatic heterocycles. The van der Waals surface area contributed by atoms with Crippen LogP contribution in [0.25, 0.3) is 0 Å². The summed E-state index contributed by atoms with van der Waals surface area (Å²) >= 11 is 0. The van der Waals surface area contributed by atoms with Crippen molar-refractivity contribution in [2.75, 3.05) is 17.7 Å². The molecule has 0 aliphatic carbocycles. The number of nitrogens with two attached hydrogens (primary N) is 1. The van der Waals surface area contributed by atoms with Gasteiger partial charge in [0, 0.05) is 0 Å². The molecule has 0 fully saturated rings. The molecule has 84 valence electrons. The summed E-state index contributed by atoms with van der Waals surface area (Å²) in [5.74, 6) is -0.837. The maximum absolute atomic E-state index is 11.1. The Bertz CT molecular complexity index is 470. The first-order valence-corrected chi connectivity index (χ1v) is 4.63. The number of amides is 1. The number of fused-ring (bicyclic) bond motifs is 1. The zero-order valence-electron chi connectivity index (χ0n) is 8.32. The largest absolute Gasteiger partial charge is 0.481 e. The van der Waals surface area contributed by atoms with E-state index in [2.05, 4.69) is 5.32 Å². The van der Waals surface area contributed by atoms with E-state index in [1.165, 1.54) is 6.07 Å². The number of carbonyl (C=O) groups is 2. The monoisotopic (exact) mass is 222 g/mol. The van der Waals surface area contributed by atoms with Crippen molar-refractivity contribution in [3.05, 3.63) is 17.7 Å². The Balaban J connectivity index is 2.39. The van der Waals surface area contributed by atoms with E-state index in [0.29, 0.717) is 22.7 Å². The molecule has 4 N–H and O–H groups in total. The van der Waals surface area contributed by atoms with E-state index in [1.807, 2.05) is 0 Å². The molecule has 0 saturated carbocycles. The molecular weight excluding hydrogens is 212 g/mol. The summed E-state index contributed by atoms with van der Waals surface area (Å²) in [4.78, 5) is 21.6. The van der Waals surface area contributed by atoms with Gasteiger partial charge < -0.3 is 20.9 Å². The fourth-order valence-corrected chi connectivity index (χ4v) is 1.57. The van der Waals surface area contributed by atoms with Crippen LogP contribution in [0.4, 0.5) is 11.4 Å². The van der Waals surface area contributed by atoms with Gasteiger partial charge in [-0.3, -0.25) is 9.59 Å². The number of carboxylic acids is 1. The topological polar surface area (TPSA) is 102 Å². The van der Waals surface area contributed by atoms with Gasteiger partial charge in [0.1, 0.15) is 0 Å². The highest BCUT2D eigenvalue weighted by Gasteiger charge is 2.19. The van der Waals surface area contributed by atoms with Crippen molar-refractivity contribution in [1.82, 2.24) is 0 Å². The molecule has 6 nitrogen and oxygen atoms in total. The molecule has 0 bridgehead atoms. The Morgan fingerprint density at radius 2 is 2.31 bits per heavy atom.